The summed E-state index contributed by atoms with van der Waals surface area (Å²) in [5.74, 6) is -0.863. The predicted octanol–water partition coefficient (Wildman–Crippen LogP) is 5.07. The van der Waals surface area contributed by atoms with Crippen LogP contribution in [0.3, 0.4) is 0 Å². The van der Waals surface area contributed by atoms with Gasteiger partial charge in [0.15, 0.2) is 6.61 Å². The summed E-state index contributed by atoms with van der Waals surface area (Å²) in [5, 5.41) is 0. The van der Waals surface area contributed by atoms with Crippen LogP contribution in [0.4, 0.5) is 0 Å². The van der Waals surface area contributed by atoms with Crippen LogP contribution in [-0.4, -0.2) is 50.8 Å². The summed E-state index contributed by atoms with van der Waals surface area (Å²) in [4.78, 5) is 46.9. The van der Waals surface area contributed by atoms with Crippen molar-refractivity contribution in [2.24, 2.45) is 0 Å². The molecule has 0 aliphatic carbocycles. The van der Waals surface area contributed by atoms with Crippen LogP contribution < -0.4 is 14.2 Å². The number of esters is 4. The predicted molar refractivity (Wildman–Crippen MR) is 152 cm³/mol. The van der Waals surface area contributed by atoms with Gasteiger partial charge in [0, 0.05) is 12.0 Å². The van der Waals surface area contributed by atoms with Gasteiger partial charge in [-0.15, -0.1) is 0 Å². The van der Waals surface area contributed by atoms with Gasteiger partial charge < -0.3 is 28.4 Å². The zero-order valence-electron chi connectivity index (χ0n) is 23.0. The van der Waals surface area contributed by atoms with Crippen LogP contribution in [0.1, 0.15) is 23.2 Å². The van der Waals surface area contributed by atoms with Crippen LogP contribution in [0.25, 0.3) is 11.1 Å². The third-order valence-electron chi connectivity index (χ3n) is 5.58. The van der Waals surface area contributed by atoms with Gasteiger partial charge in [-0.05, 0) is 59.7 Å². The molecule has 10 nitrogen and oxygen atoms in total. The molecule has 3 rings (SSSR count). The molecule has 0 N–H and O–H groups in total. The van der Waals surface area contributed by atoms with Crippen LogP contribution in [0, 0.1) is 0 Å². The topological polar surface area (TPSA) is 124 Å². The van der Waals surface area contributed by atoms with Crippen molar-refractivity contribution >= 4 is 23.9 Å². The molecule has 0 aliphatic rings. The Balaban J connectivity index is 1.41. The average Bonchev–Trinajstić information content (AvgIpc) is 3.00. The van der Waals surface area contributed by atoms with Crippen LogP contribution in [-0.2, 0) is 28.6 Å². The number of rotatable bonds is 15. The number of hydrogen-bond donors (Lipinski definition) is 0. The largest absolute Gasteiger partial charge is 0.493 e. The molecule has 0 bridgehead atoms. The molecule has 10 heteroatoms. The molecule has 0 spiro atoms. The molecule has 0 saturated carbocycles. The molecule has 0 fully saturated rings. The van der Waals surface area contributed by atoms with Crippen molar-refractivity contribution in [1.29, 1.82) is 0 Å². The van der Waals surface area contributed by atoms with Crippen molar-refractivity contribution in [2.45, 2.75) is 12.8 Å². The van der Waals surface area contributed by atoms with Crippen LogP contribution in [0.5, 0.6) is 17.2 Å². The van der Waals surface area contributed by atoms with E-state index in [1.165, 1.54) is 7.11 Å². The molecule has 0 heterocycles. The molecule has 0 aromatic heterocycles. The Morgan fingerprint density at radius 1 is 0.738 bits per heavy atom. The lowest BCUT2D eigenvalue weighted by atomic mass is 10.1. The van der Waals surface area contributed by atoms with Crippen molar-refractivity contribution in [1.82, 2.24) is 0 Å². The Morgan fingerprint density at radius 2 is 1.31 bits per heavy atom. The van der Waals surface area contributed by atoms with Crippen molar-refractivity contribution < 1.29 is 47.6 Å². The molecular formula is C32H30O10. The average molecular weight is 575 g/mol. The standard InChI is InChI=1S/C32H30O10/c1-4-38-30(34)21-41-27-12-6-23(7-13-27)24-8-16-28(17-9-24)42-32(36)25-10-14-26(15-11-25)39-18-5-19-40-31(35)22(2)20-29(33)37-3/h4,6-17H,1-2,5,18-21H2,3H3. The minimum absolute atomic E-state index is 0.0181. The second kappa shape index (κ2) is 16.0. The fourth-order valence-corrected chi connectivity index (χ4v) is 3.42. The summed E-state index contributed by atoms with van der Waals surface area (Å²) in [5.41, 5.74) is 2.17. The van der Waals surface area contributed by atoms with Gasteiger partial charge in [0.05, 0.1) is 38.6 Å². The molecule has 218 valence electrons. The summed E-state index contributed by atoms with van der Waals surface area (Å²) in [6.07, 6.45) is 1.24. The maximum absolute atomic E-state index is 12.6. The lowest BCUT2D eigenvalue weighted by Gasteiger charge is -2.09. The fourth-order valence-electron chi connectivity index (χ4n) is 3.42. The van der Waals surface area contributed by atoms with E-state index in [0.29, 0.717) is 29.2 Å². The van der Waals surface area contributed by atoms with E-state index >= 15 is 0 Å². The van der Waals surface area contributed by atoms with Gasteiger partial charge in [-0.2, -0.15) is 0 Å². The SMILES string of the molecule is C=COC(=O)COc1ccc(-c2ccc(OC(=O)c3ccc(OCCCOC(=O)C(=C)CC(=O)OC)cc3)cc2)cc1. The number of carbonyl (C=O) groups is 4. The first-order valence-corrected chi connectivity index (χ1v) is 12.8. The second-order valence-corrected chi connectivity index (χ2v) is 8.60. The van der Waals surface area contributed by atoms with Gasteiger partial charge in [-0.3, -0.25) is 4.79 Å². The summed E-state index contributed by atoms with van der Waals surface area (Å²) >= 11 is 0. The van der Waals surface area contributed by atoms with E-state index in [4.69, 9.17) is 18.9 Å². The molecule has 0 aliphatic heterocycles. The van der Waals surface area contributed by atoms with E-state index in [-0.39, 0.29) is 31.8 Å². The van der Waals surface area contributed by atoms with E-state index < -0.39 is 23.9 Å². The molecule has 0 unspecified atom stereocenters. The first-order chi connectivity index (χ1) is 20.3. The molecule has 0 atom stereocenters. The molecule has 0 amide bonds. The van der Waals surface area contributed by atoms with E-state index in [1.54, 1.807) is 48.5 Å². The van der Waals surface area contributed by atoms with Gasteiger partial charge in [0.1, 0.15) is 17.2 Å². The zero-order valence-corrected chi connectivity index (χ0v) is 23.0. The minimum atomic E-state index is -0.663. The molecule has 42 heavy (non-hydrogen) atoms. The van der Waals surface area contributed by atoms with Crippen molar-refractivity contribution in [2.75, 3.05) is 26.9 Å². The van der Waals surface area contributed by atoms with Gasteiger partial charge in [0.25, 0.3) is 0 Å². The Hall–Kier alpha value is -5.38. The summed E-state index contributed by atoms with van der Waals surface area (Å²) in [7, 11) is 1.23. The highest BCUT2D eigenvalue weighted by molar-refractivity contribution is 5.93. The van der Waals surface area contributed by atoms with Gasteiger partial charge in [-0.25, -0.2) is 14.4 Å². The van der Waals surface area contributed by atoms with E-state index in [2.05, 4.69) is 22.6 Å². The molecule has 0 saturated heterocycles. The number of ether oxygens (including phenoxy) is 6. The maximum atomic E-state index is 12.6. The van der Waals surface area contributed by atoms with E-state index in [1.807, 2.05) is 24.3 Å². The fraction of sp³-hybridized carbons (Fsp3) is 0.188. The third kappa shape index (κ3) is 9.98. The van der Waals surface area contributed by atoms with Crippen molar-refractivity contribution in [3.63, 3.8) is 0 Å². The van der Waals surface area contributed by atoms with Crippen LogP contribution in [0.15, 0.2) is 97.8 Å². The summed E-state index contributed by atoms with van der Waals surface area (Å²) < 4.78 is 30.6. The number of benzene rings is 3. The number of hydrogen-bond acceptors (Lipinski definition) is 10. The second-order valence-electron chi connectivity index (χ2n) is 8.60. The molecular weight excluding hydrogens is 544 g/mol. The lowest BCUT2D eigenvalue weighted by molar-refractivity contribution is -0.144. The summed E-state index contributed by atoms with van der Waals surface area (Å²) in [6.45, 7) is 6.97. The zero-order chi connectivity index (χ0) is 30.3. The minimum Gasteiger partial charge on any atom is -0.493 e. The number of carbonyl (C=O) groups excluding carboxylic acids is 4. The Morgan fingerprint density at radius 3 is 1.90 bits per heavy atom. The van der Waals surface area contributed by atoms with Crippen LogP contribution >= 0.6 is 0 Å². The number of methoxy groups -OCH3 is 1. The highest BCUT2D eigenvalue weighted by Gasteiger charge is 2.13. The van der Waals surface area contributed by atoms with Crippen LogP contribution in [0.2, 0.25) is 0 Å². The third-order valence-corrected chi connectivity index (χ3v) is 5.58. The van der Waals surface area contributed by atoms with Crippen molar-refractivity contribution in [3.8, 4) is 28.4 Å². The Labute approximate surface area is 243 Å². The lowest BCUT2D eigenvalue weighted by Crippen LogP contribution is -2.13. The van der Waals surface area contributed by atoms with E-state index in [0.717, 1.165) is 17.4 Å². The monoisotopic (exact) mass is 574 g/mol. The molecule has 0 radical (unpaired) electrons. The highest BCUT2D eigenvalue weighted by atomic mass is 16.6. The Bertz CT molecular complexity index is 1390. The normalized spacial score (nSPS) is 10.1. The first kappa shape index (κ1) is 31.2. The highest BCUT2D eigenvalue weighted by Crippen LogP contribution is 2.25. The van der Waals surface area contributed by atoms with Gasteiger partial charge in [0.2, 0.25) is 0 Å². The quantitative estimate of drug-likeness (QED) is 0.0607. The smallest absolute Gasteiger partial charge is 0.348 e. The first-order valence-electron chi connectivity index (χ1n) is 12.8. The van der Waals surface area contributed by atoms with E-state index in [9.17, 15) is 19.2 Å². The molecule has 3 aromatic carbocycles. The Kier molecular flexibility index (Phi) is 11.9. The maximum Gasteiger partial charge on any atom is 0.348 e. The van der Waals surface area contributed by atoms with Crippen molar-refractivity contribution in [3.05, 3.63) is 103 Å². The van der Waals surface area contributed by atoms with Gasteiger partial charge in [-0.1, -0.05) is 37.4 Å². The molecule has 3 aromatic rings. The van der Waals surface area contributed by atoms with Gasteiger partial charge >= 0.3 is 23.9 Å². The summed E-state index contributed by atoms with van der Waals surface area (Å²) in [6, 6.07) is 20.6.